The van der Waals surface area contributed by atoms with Crippen LogP contribution >= 0.6 is 23.2 Å². The van der Waals surface area contributed by atoms with Gasteiger partial charge in [0.1, 0.15) is 0 Å². The third kappa shape index (κ3) is 6.28. The van der Waals surface area contributed by atoms with Gasteiger partial charge in [-0.15, -0.1) is 0 Å². The predicted molar refractivity (Wildman–Crippen MR) is 94.9 cm³/mol. The number of hydrogen-bond donors (Lipinski definition) is 3. The Morgan fingerprint density at radius 3 is 2.83 bits per heavy atom. The van der Waals surface area contributed by atoms with E-state index in [1.165, 1.54) is 0 Å². The average molecular weight is 357 g/mol. The fourth-order valence-electron chi connectivity index (χ4n) is 2.16. The molecule has 0 heterocycles. The molecule has 5 nitrogen and oxygen atoms in total. The van der Waals surface area contributed by atoms with Crippen molar-refractivity contribution in [2.45, 2.75) is 44.7 Å². The average Bonchev–Trinajstić information content (AvgIpc) is 3.27. The lowest BCUT2D eigenvalue weighted by atomic mass is 10.1. The maximum absolute atomic E-state index is 11.5. The van der Waals surface area contributed by atoms with E-state index in [1.807, 2.05) is 13.0 Å². The lowest BCUT2D eigenvalue weighted by Gasteiger charge is -2.16. The van der Waals surface area contributed by atoms with Crippen LogP contribution in [0.4, 0.5) is 0 Å². The molecule has 0 radical (unpaired) electrons. The van der Waals surface area contributed by atoms with Crippen LogP contribution in [0.1, 0.15) is 44.2 Å². The summed E-state index contributed by atoms with van der Waals surface area (Å²) in [5.74, 6) is 0.432. The minimum Gasteiger partial charge on any atom is -0.370 e. The van der Waals surface area contributed by atoms with Crippen LogP contribution in [0.3, 0.4) is 0 Å². The molecule has 7 heteroatoms. The number of nitrogens with two attached hydrogens (primary N) is 1. The van der Waals surface area contributed by atoms with E-state index in [2.05, 4.69) is 15.6 Å². The van der Waals surface area contributed by atoms with Crippen LogP contribution in [-0.4, -0.2) is 24.5 Å². The zero-order chi connectivity index (χ0) is 16.8. The van der Waals surface area contributed by atoms with Crippen molar-refractivity contribution in [3.63, 3.8) is 0 Å². The molecule has 0 aromatic heterocycles. The largest absolute Gasteiger partial charge is 0.370 e. The van der Waals surface area contributed by atoms with Gasteiger partial charge in [-0.1, -0.05) is 29.3 Å². The number of hydrogen-bond acceptors (Lipinski definition) is 2. The van der Waals surface area contributed by atoms with Gasteiger partial charge in [-0.3, -0.25) is 9.79 Å². The fourth-order valence-corrected chi connectivity index (χ4v) is 2.74. The van der Waals surface area contributed by atoms with Gasteiger partial charge in [0, 0.05) is 29.1 Å². The van der Waals surface area contributed by atoms with Crippen LogP contribution in [0.5, 0.6) is 0 Å². The summed E-state index contributed by atoms with van der Waals surface area (Å²) in [4.78, 5) is 15.8. The summed E-state index contributed by atoms with van der Waals surface area (Å²) in [6.45, 7) is 2.46. The SMILES string of the molecule is CC(NC(N)=NCCCC(=O)NC1CC1)c1ccc(Cl)cc1Cl. The molecule has 0 saturated heterocycles. The molecule has 1 aliphatic carbocycles. The lowest BCUT2D eigenvalue weighted by Crippen LogP contribution is -2.34. The molecule has 23 heavy (non-hydrogen) atoms. The number of nitrogens with one attached hydrogen (secondary N) is 2. The summed E-state index contributed by atoms with van der Waals surface area (Å²) in [5.41, 5.74) is 6.77. The number of halogens is 2. The van der Waals surface area contributed by atoms with E-state index < -0.39 is 0 Å². The zero-order valence-electron chi connectivity index (χ0n) is 13.1. The molecular weight excluding hydrogens is 335 g/mol. The molecule has 1 aromatic carbocycles. The zero-order valence-corrected chi connectivity index (χ0v) is 14.6. The highest BCUT2D eigenvalue weighted by molar-refractivity contribution is 6.35. The first-order chi connectivity index (χ1) is 11.0. The number of amides is 1. The van der Waals surface area contributed by atoms with E-state index in [9.17, 15) is 4.79 Å². The van der Waals surface area contributed by atoms with E-state index in [-0.39, 0.29) is 11.9 Å². The molecule has 0 aliphatic heterocycles. The summed E-state index contributed by atoms with van der Waals surface area (Å²) < 4.78 is 0. The summed E-state index contributed by atoms with van der Waals surface area (Å²) in [6.07, 6.45) is 3.36. The number of rotatable bonds is 7. The maximum Gasteiger partial charge on any atom is 0.220 e. The molecule has 2 rings (SSSR count). The molecule has 126 valence electrons. The third-order valence-corrected chi connectivity index (χ3v) is 4.14. The number of carbonyl (C=O) groups is 1. The summed E-state index contributed by atoms with van der Waals surface area (Å²) in [5, 5.41) is 7.21. The van der Waals surface area contributed by atoms with Gasteiger partial charge < -0.3 is 16.4 Å². The molecule has 1 fully saturated rings. The lowest BCUT2D eigenvalue weighted by molar-refractivity contribution is -0.121. The smallest absolute Gasteiger partial charge is 0.220 e. The normalized spacial score (nSPS) is 16.0. The third-order valence-electron chi connectivity index (χ3n) is 3.58. The van der Waals surface area contributed by atoms with E-state index >= 15 is 0 Å². The number of carbonyl (C=O) groups excluding carboxylic acids is 1. The topological polar surface area (TPSA) is 79.5 Å². The van der Waals surface area contributed by atoms with Gasteiger partial charge in [-0.05, 0) is 43.9 Å². The van der Waals surface area contributed by atoms with Crippen molar-refractivity contribution in [1.29, 1.82) is 0 Å². The Hall–Kier alpha value is -1.46. The van der Waals surface area contributed by atoms with Crippen LogP contribution in [0.2, 0.25) is 10.0 Å². The number of benzene rings is 1. The second-order valence-corrected chi connectivity index (χ2v) is 6.59. The molecule has 1 amide bonds. The van der Waals surface area contributed by atoms with Gasteiger partial charge in [0.15, 0.2) is 5.96 Å². The van der Waals surface area contributed by atoms with Gasteiger partial charge in [0.25, 0.3) is 0 Å². The molecule has 1 aliphatic rings. The maximum atomic E-state index is 11.5. The number of nitrogens with zero attached hydrogens (tertiary/aromatic N) is 1. The van der Waals surface area contributed by atoms with Crippen LogP contribution in [0.25, 0.3) is 0 Å². The molecular formula is C16H22Cl2N4O. The van der Waals surface area contributed by atoms with Crippen molar-refractivity contribution in [3.05, 3.63) is 33.8 Å². The molecule has 1 aromatic rings. The Morgan fingerprint density at radius 2 is 2.17 bits per heavy atom. The first-order valence-corrected chi connectivity index (χ1v) is 8.52. The van der Waals surface area contributed by atoms with Crippen molar-refractivity contribution < 1.29 is 4.79 Å². The van der Waals surface area contributed by atoms with E-state index in [1.54, 1.807) is 12.1 Å². The van der Waals surface area contributed by atoms with Gasteiger partial charge in [0.2, 0.25) is 5.91 Å². The Kier molecular flexibility index (Phi) is 6.54. The Labute approximate surface area is 146 Å². The predicted octanol–water partition coefficient (Wildman–Crippen LogP) is 3.02. The Bertz CT molecular complexity index is 587. The first-order valence-electron chi connectivity index (χ1n) is 7.76. The van der Waals surface area contributed by atoms with Crippen LogP contribution in [0.15, 0.2) is 23.2 Å². The van der Waals surface area contributed by atoms with Gasteiger partial charge in [-0.2, -0.15) is 0 Å². The van der Waals surface area contributed by atoms with Gasteiger partial charge in [0.05, 0.1) is 6.04 Å². The van der Waals surface area contributed by atoms with Crippen LogP contribution in [0, 0.1) is 0 Å². The summed E-state index contributed by atoms with van der Waals surface area (Å²) in [6, 6.07) is 5.66. The van der Waals surface area contributed by atoms with Crippen molar-refractivity contribution in [2.24, 2.45) is 10.7 Å². The van der Waals surface area contributed by atoms with E-state index in [0.717, 1.165) is 18.4 Å². The molecule has 0 spiro atoms. The number of aliphatic imine (C=N–C) groups is 1. The van der Waals surface area contributed by atoms with E-state index in [0.29, 0.717) is 41.4 Å². The highest BCUT2D eigenvalue weighted by Crippen LogP contribution is 2.25. The molecule has 1 unspecified atom stereocenters. The van der Waals surface area contributed by atoms with E-state index in [4.69, 9.17) is 28.9 Å². The highest BCUT2D eigenvalue weighted by atomic mass is 35.5. The minimum atomic E-state index is -0.0818. The Morgan fingerprint density at radius 1 is 1.43 bits per heavy atom. The Balaban J connectivity index is 1.73. The fraction of sp³-hybridized carbons (Fsp3) is 0.500. The molecule has 0 bridgehead atoms. The van der Waals surface area contributed by atoms with Crippen molar-refractivity contribution in [2.75, 3.05) is 6.54 Å². The second kappa shape index (κ2) is 8.41. The molecule has 1 saturated carbocycles. The second-order valence-electron chi connectivity index (χ2n) is 5.74. The minimum absolute atomic E-state index is 0.0818. The molecule has 4 N–H and O–H groups in total. The summed E-state index contributed by atoms with van der Waals surface area (Å²) in [7, 11) is 0. The quantitative estimate of drug-likeness (QED) is 0.399. The van der Waals surface area contributed by atoms with Crippen LogP contribution in [-0.2, 0) is 4.79 Å². The van der Waals surface area contributed by atoms with Crippen molar-refractivity contribution >= 4 is 35.1 Å². The first kappa shape index (κ1) is 17.9. The van der Waals surface area contributed by atoms with Gasteiger partial charge >= 0.3 is 0 Å². The highest BCUT2D eigenvalue weighted by Gasteiger charge is 2.22. The standard InChI is InChI=1S/C16H22Cl2N4O/c1-10(13-7-4-11(17)9-14(13)18)21-16(19)20-8-2-3-15(23)22-12-5-6-12/h4,7,9-10,12H,2-3,5-6,8H2,1H3,(H,22,23)(H3,19,20,21). The van der Waals surface area contributed by atoms with Crippen molar-refractivity contribution in [3.8, 4) is 0 Å². The number of guanidine groups is 1. The summed E-state index contributed by atoms with van der Waals surface area (Å²) >= 11 is 12.1. The van der Waals surface area contributed by atoms with Gasteiger partial charge in [-0.25, -0.2) is 0 Å². The molecule has 1 atom stereocenters. The van der Waals surface area contributed by atoms with Crippen LogP contribution < -0.4 is 16.4 Å². The monoisotopic (exact) mass is 356 g/mol. The van der Waals surface area contributed by atoms with Crippen molar-refractivity contribution in [1.82, 2.24) is 10.6 Å².